The number of piperidine rings is 1. The Labute approximate surface area is 140 Å². The van der Waals surface area contributed by atoms with Gasteiger partial charge in [-0.15, -0.1) is 0 Å². The fourth-order valence-corrected chi connectivity index (χ4v) is 3.79. The average molecular weight is 333 g/mol. The predicted molar refractivity (Wildman–Crippen MR) is 83.8 cm³/mol. The molecule has 2 saturated heterocycles. The lowest BCUT2D eigenvalue weighted by atomic mass is 9.96. The largest absolute Gasteiger partial charge is 0.351 e. The Kier molecular flexibility index (Phi) is 3.90. The van der Waals surface area contributed by atoms with Crippen molar-refractivity contribution in [2.24, 2.45) is 11.7 Å². The maximum Gasteiger partial charge on any atom is 0.314 e. The number of aromatic nitrogens is 2. The predicted octanol–water partition coefficient (Wildman–Crippen LogP) is 1.40. The number of primary amides is 1. The van der Waals surface area contributed by atoms with E-state index in [9.17, 15) is 9.59 Å². The third kappa shape index (κ3) is 2.85. The molecule has 1 aliphatic carbocycles. The monoisotopic (exact) mass is 333 g/mol. The van der Waals surface area contributed by atoms with Gasteiger partial charge in [-0.1, -0.05) is 5.16 Å². The van der Waals surface area contributed by atoms with Crippen molar-refractivity contribution in [2.75, 3.05) is 19.6 Å². The number of nitrogens with zero attached hydrogens (tertiary/aromatic N) is 4. The summed E-state index contributed by atoms with van der Waals surface area (Å²) in [5.41, 5.74) is 5.37. The summed E-state index contributed by atoms with van der Waals surface area (Å²) >= 11 is 0. The molecule has 130 valence electrons. The molecule has 1 aromatic heterocycles. The fraction of sp³-hybridized carbons (Fsp3) is 0.750. The highest BCUT2D eigenvalue weighted by Gasteiger charge is 2.39. The topological polar surface area (TPSA) is 106 Å². The standard InChI is InChI=1S/C16H23N5O3/c17-16(23)20-7-1-3-11(9-20)15(22)21-8-2-4-12(21)13-18-14(24-19-13)10-5-6-10/h10-12H,1-9H2,(H2,17,23). The van der Waals surface area contributed by atoms with E-state index in [1.807, 2.05) is 4.90 Å². The van der Waals surface area contributed by atoms with E-state index < -0.39 is 6.03 Å². The molecule has 8 nitrogen and oxygen atoms in total. The molecule has 2 unspecified atom stereocenters. The minimum absolute atomic E-state index is 0.0845. The first-order valence-corrected chi connectivity index (χ1v) is 8.82. The zero-order chi connectivity index (χ0) is 16.7. The van der Waals surface area contributed by atoms with Crippen LogP contribution in [0.3, 0.4) is 0 Å². The maximum absolute atomic E-state index is 13.0. The summed E-state index contributed by atoms with van der Waals surface area (Å²) in [6.07, 6.45) is 5.63. The number of carbonyl (C=O) groups is 2. The molecule has 2 aliphatic heterocycles. The van der Waals surface area contributed by atoms with Crippen LogP contribution in [-0.4, -0.2) is 51.5 Å². The number of likely N-dealkylation sites (tertiary alicyclic amines) is 2. The van der Waals surface area contributed by atoms with Crippen LogP contribution in [-0.2, 0) is 4.79 Å². The molecular weight excluding hydrogens is 310 g/mol. The Morgan fingerprint density at radius 2 is 1.92 bits per heavy atom. The number of hydrogen-bond donors (Lipinski definition) is 1. The second-order valence-corrected chi connectivity index (χ2v) is 7.08. The molecule has 1 aromatic rings. The van der Waals surface area contributed by atoms with Gasteiger partial charge in [-0.3, -0.25) is 4.79 Å². The first-order chi connectivity index (χ1) is 11.6. The van der Waals surface area contributed by atoms with Gasteiger partial charge in [0.15, 0.2) is 5.82 Å². The summed E-state index contributed by atoms with van der Waals surface area (Å²) < 4.78 is 5.35. The van der Waals surface area contributed by atoms with Crippen molar-refractivity contribution in [2.45, 2.75) is 50.5 Å². The third-order valence-electron chi connectivity index (χ3n) is 5.30. The molecule has 3 heterocycles. The first kappa shape index (κ1) is 15.4. The molecule has 4 rings (SSSR count). The number of amides is 3. The van der Waals surface area contributed by atoms with Gasteiger partial charge in [0.2, 0.25) is 11.8 Å². The van der Waals surface area contributed by atoms with E-state index in [-0.39, 0.29) is 17.9 Å². The van der Waals surface area contributed by atoms with E-state index in [0.29, 0.717) is 37.3 Å². The minimum atomic E-state index is -0.447. The molecule has 24 heavy (non-hydrogen) atoms. The van der Waals surface area contributed by atoms with Crippen LogP contribution in [0.5, 0.6) is 0 Å². The van der Waals surface area contributed by atoms with E-state index in [2.05, 4.69) is 10.1 Å². The number of nitrogens with two attached hydrogens (primary N) is 1. The van der Waals surface area contributed by atoms with Crippen molar-refractivity contribution in [3.63, 3.8) is 0 Å². The summed E-state index contributed by atoms with van der Waals surface area (Å²) in [5.74, 6) is 1.66. The van der Waals surface area contributed by atoms with Gasteiger partial charge in [-0.25, -0.2) is 4.79 Å². The van der Waals surface area contributed by atoms with Crippen LogP contribution < -0.4 is 5.73 Å². The van der Waals surface area contributed by atoms with Crippen molar-refractivity contribution in [1.82, 2.24) is 19.9 Å². The van der Waals surface area contributed by atoms with Gasteiger partial charge in [0.25, 0.3) is 0 Å². The van der Waals surface area contributed by atoms with Gasteiger partial charge in [0.1, 0.15) is 0 Å². The summed E-state index contributed by atoms with van der Waals surface area (Å²) in [7, 11) is 0. The number of rotatable bonds is 3. The van der Waals surface area contributed by atoms with Crippen LogP contribution >= 0.6 is 0 Å². The Morgan fingerprint density at radius 1 is 1.12 bits per heavy atom. The van der Waals surface area contributed by atoms with Crippen LogP contribution in [0.4, 0.5) is 4.79 Å². The lowest BCUT2D eigenvalue weighted by Gasteiger charge is -2.34. The molecular formula is C16H23N5O3. The first-order valence-electron chi connectivity index (χ1n) is 8.82. The smallest absolute Gasteiger partial charge is 0.314 e. The summed E-state index contributed by atoms with van der Waals surface area (Å²) in [6, 6.07) is -0.546. The van der Waals surface area contributed by atoms with Crippen molar-refractivity contribution in [3.8, 4) is 0 Å². The van der Waals surface area contributed by atoms with Crippen LogP contribution in [0.1, 0.15) is 62.2 Å². The Hall–Kier alpha value is -2.12. The Bertz CT molecular complexity index is 641. The molecule has 0 aromatic carbocycles. The molecule has 3 amide bonds. The SMILES string of the molecule is NC(=O)N1CCCC(C(=O)N2CCCC2c2noc(C3CC3)n2)C1. The second-order valence-electron chi connectivity index (χ2n) is 7.08. The molecule has 2 N–H and O–H groups in total. The van der Waals surface area contributed by atoms with Crippen LogP contribution in [0, 0.1) is 5.92 Å². The quantitative estimate of drug-likeness (QED) is 0.900. The zero-order valence-electron chi connectivity index (χ0n) is 13.7. The Balaban J connectivity index is 1.47. The highest BCUT2D eigenvalue weighted by Crippen LogP contribution is 2.40. The van der Waals surface area contributed by atoms with Gasteiger partial charge >= 0.3 is 6.03 Å². The molecule has 3 fully saturated rings. The summed E-state index contributed by atoms with van der Waals surface area (Å²) in [6.45, 7) is 1.76. The van der Waals surface area contributed by atoms with Crippen LogP contribution in [0.25, 0.3) is 0 Å². The second kappa shape index (κ2) is 6.07. The minimum Gasteiger partial charge on any atom is -0.351 e. The van der Waals surface area contributed by atoms with Crippen molar-refractivity contribution in [3.05, 3.63) is 11.7 Å². The third-order valence-corrected chi connectivity index (χ3v) is 5.30. The molecule has 0 spiro atoms. The van der Waals surface area contributed by atoms with Crippen LogP contribution in [0.2, 0.25) is 0 Å². The molecule has 2 atom stereocenters. The van der Waals surface area contributed by atoms with E-state index in [4.69, 9.17) is 10.3 Å². The lowest BCUT2D eigenvalue weighted by Crippen LogP contribution is -2.48. The van der Waals surface area contributed by atoms with Gasteiger partial charge in [-0.05, 0) is 38.5 Å². The Morgan fingerprint density at radius 3 is 2.67 bits per heavy atom. The summed E-state index contributed by atoms with van der Waals surface area (Å²) in [5, 5.41) is 4.12. The molecule has 3 aliphatic rings. The molecule has 0 bridgehead atoms. The number of urea groups is 1. The van der Waals surface area contributed by atoms with E-state index >= 15 is 0 Å². The maximum atomic E-state index is 13.0. The van der Waals surface area contributed by atoms with Crippen LogP contribution in [0.15, 0.2) is 4.52 Å². The van der Waals surface area contributed by atoms with Crippen molar-refractivity contribution >= 4 is 11.9 Å². The highest BCUT2D eigenvalue weighted by molar-refractivity contribution is 5.81. The van der Waals surface area contributed by atoms with Gasteiger partial charge in [0.05, 0.1) is 12.0 Å². The number of carbonyl (C=O) groups excluding carboxylic acids is 2. The van der Waals surface area contributed by atoms with Gasteiger partial charge in [-0.2, -0.15) is 4.98 Å². The summed E-state index contributed by atoms with van der Waals surface area (Å²) in [4.78, 5) is 32.3. The van der Waals surface area contributed by atoms with Gasteiger partial charge < -0.3 is 20.1 Å². The lowest BCUT2D eigenvalue weighted by molar-refractivity contribution is -0.138. The fourth-order valence-electron chi connectivity index (χ4n) is 3.79. The van der Waals surface area contributed by atoms with E-state index in [1.54, 1.807) is 4.90 Å². The number of hydrogen-bond acceptors (Lipinski definition) is 5. The van der Waals surface area contributed by atoms with E-state index in [1.165, 1.54) is 0 Å². The molecule has 0 radical (unpaired) electrons. The van der Waals surface area contributed by atoms with Crippen molar-refractivity contribution in [1.29, 1.82) is 0 Å². The van der Waals surface area contributed by atoms with E-state index in [0.717, 1.165) is 38.5 Å². The highest BCUT2D eigenvalue weighted by atomic mass is 16.5. The molecule has 1 saturated carbocycles. The normalized spacial score (nSPS) is 27.5. The van der Waals surface area contributed by atoms with Gasteiger partial charge in [0, 0.05) is 25.6 Å². The zero-order valence-corrected chi connectivity index (χ0v) is 13.7. The van der Waals surface area contributed by atoms with Crippen molar-refractivity contribution < 1.29 is 14.1 Å². The average Bonchev–Trinajstić information content (AvgIpc) is 3.12. The molecule has 8 heteroatoms.